The summed E-state index contributed by atoms with van der Waals surface area (Å²) >= 11 is 0. The van der Waals surface area contributed by atoms with Crippen LogP contribution in [0.15, 0.2) is 12.2 Å². The molecule has 2 heteroatoms. The molecule has 1 unspecified atom stereocenters. The number of amides is 1. The molecule has 0 rings (SSSR count). The second-order valence-electron chi connectivity index (χ2n) is 12.2. The van der Waals surface area contributed by atoms with Crippen LogP contribution in [0.25, 0.3) is 0 Å². The number of hydrogen-bond acceptors (Lipinski definition) is 1. The Labute approximate surface area is 240 Å². The third kappa shape index (κ3) is 29.8. The summed E-state index contributed by atoms with van der Waals surface area (Å²) in [5.74, 6) is -0.198. The Morgan fingerprint density at radius 1 is 0.474 bits per heavy atom. The van der Waals surface area contributed by atoms with Crippen LogP contribution in [-0.4, -0.2) is 5.91 Å². The maximum atomic E-state index is 11.8. The Balaban J connectivity index is 3.46. The highest BCUT2D eigenvalue weighted by Gasteiger charge is 2.10. The van der Waals surface area contributed by atoms with Crippen molar-refractivity contribution in [1.82, 2.24) is 0 Å². The SMILES string of the molecule is CCCCCCCCCCCCCCCCC=CC(CCCCCCCCCCCCCCCC)C(N)=O. The van der Waals surface area contributed by atoms with E-state index in [2.05, 4.69) is 26.0 Å². The van der Waals surface area contributed by atoms with Crippen molar-refractivity contribution in [1.29, 1.82) is 0 Å². The molecule has 0 aromatic heterocycles. The topological polar surface area (TPSA) is 43.1 Å². The minimum absolute atomic E-state index is 0.0565. The molecule has 0 bridgehead atoms. The molecule has 0 heterocycles. The van der Waals surface area contributed by atoms with Crippen LogP contribution in [0.5, 0.6) is 0 Å². The van der Waals surface area contributed by atoms with Gasteiger partial charge in [-0.2, -0.15) is 0 Å². The van der Waals surface area contributed by atoms with E-state index < -0.39 is 0 Å². The van der Waals surface area contributed by atoms with Gasteiger partial charge in [0.2, 0.25) is 5.91 Å². The van der Waals surface area contributed by atoms with Gasteiger partial charge in [0.1, 0.15) is 0 Å². The molecule has 2 N–H and O–H groups in total. The van der Waals surface area contributed by atoms with Crippen molar-refractivity contribution in [3.8, 4) is 0 Å². The minimum atomic E-state index is -0.142. The number of carbonyl (C=O) groups excluding carboxylic acids is 1. The van der Waals surface area contributed by atoms with Gasteiger partial charge in [-0.05, 0) is 19.3 Å². The van der Waals surface area contributed by atoms with Crippen molar-refractivity contribution in [2.24, 2.45) is 11.7 Å². The normalized spacial score (nSPS) is 12.5. The number of carbonyl (C=O) groups is 1. The highest BCUT2D eigenvalue weighted by molar-refractivity contribution is 5.78. The summed E-state index contributed by atoms with van der Waals surface area (Å²) in [5.41, 5.74) is 5.67. The van der Waals surface area contributed by atoms with Gasteiger partial charge in [-0.25, -0.2) is 0 Å². The third-order valence-corrected chi connectivity index (χ3v) is 8.33. The van der Waals surface area contributed by atoms with Crippen molar-refractivity contribution < 1.29 is 4.79 Å². The molecule has 2 nitrogen and oxygen atoms in total. The van der Waals surface area contributed by atoms with Gasteiger partial charge in [0, 0.05) is 0 Å². The molecule has 0 aliphatic rings. The molecule has 0 radical (unpaired) electrons. The van der Waals surface area contributed by atoms with Gasteiger partial charge < -0.3 is 5.73 Å². The Morgan fingerprint density at radius 2 is 0.763 bits per heavy atom. The fourth-order valence-corrected chi connectivity index (χ4v) is 5.61. The van der Waals surface area contributed by atoms with Crippen LogP contribution >= 0.6 is 0 Å². The van der Waals surface area contributed by atoms with E-state index in [-0.39, 0.29) is 11.8 Å². The fraction of sp³-hybridized carbons (Fsp3) is 0.917. The van der Waals surface area contributed by atoms with E-state index in [1.165, 1.54) is 173 Å². The molecule has 0 fully saturated rings. The Kier molecular flexibility index (Phi) is 31.7. The average molecular weight is 534 g/mol. The van der Waals surface area contributed by atoms with Crippen molar-refractivity contribution in [2.45, 2.75) is 206 Å². The molecule has 0 aliphatic carbocycles. The predicted octanol–water partition coefficient (Wildman–Crippen LogP) is 12.4. The highest BCUT2D eigenvalue weighted by atomic mass is 16.1. The molecular weight excluding hydrogens is 462 g/mol. The Bertz CT molecular complexity index is 486. The predicted molar refractivity (Wildman–Crippen MR) is 172 cm³/mol. The van der Waals surface area contributed by atoms with E-state index in [9.17, 15) is 4.79 Å². The van der Waals surface area contributed by atoms with Crippen LogP contribution in [0.2, 0.25) is 0 Å². The van der Waals surface area contributed by atoms with Gasteiger partial charge in [0.15, 0.2) is 0 Å². The van der Waals surface area contributed by atoms with Crippen LogP contribution < -0.4 is 5.73 Å². The first-order valence-corrected chi connectivity index (χ1v) is 17.7. The summed E-state index contributed by atoms with van der Waals surface area (Å²) in [7, 11) is 0. The summed E-state index contributed by atoms with van der Waals surface area (Å²) in [6.45, 7) is 4.58. The highest BCUT2D eigenvalue weighted by Crippen LogP contribution is 2.17. The van der Waals surface area contributed by atoms with Crippen LogP contribution in [0.1, 0.15) is 206 Å². The van der Waals surface area contributed by atoms with E-state index in [0.29, 0.717) is 0 Å². The fourth-order valence-electron chi connectivity index (χ4n) is 5.61. The van der Waals surface area contributed by atoms with Crippen LogP contribution in [0, 0.1) is 5.92 Å². The van der Waals surface area contributed by atoms with Crippen molar-refractivity contribution in [3.05, 3.63) is 12.2 Å². The maximum absolute atomic E-state index is 11.8. The van der Waals surface area contributed by atoms with Gasteiger partial charge in [0.25, 0.3) is 0 Å². The number of nitrogens with two attached hydrogens (primary N) is 1. The maximum Gasteiger partial charge on any atom is 0.224 e. The number of rotatable bonds is 32. The lowest BCUT2D eigenvalue weighted by Gasteiger charge is -2.09. The summed E-state index contributed by atoms with van der Waals surface area (Å²) in [6.07, 6.45) is 45.1. The largest absolute Gasteiger partial charge is 0.369 e. The van der Waals surface area contributed by atoms with E-state index in [1.807, 2.05) is 0 Å². The molecule has 1 atom stereocenters. The zero-order chi connectivity index (χ0) is 27.8. The summed E-state index contributed by atoms with van der Waals surface area (Å²) in [4.78, 5) is 11.8. The minimum Gasteiger partial charge on any atom is -0.369 e. The van der Waals surface area contributed by atoms with E-state index in [4.69, 9.17) is 5.73 Å². The second-order valence-corrected chi connectivity index (χ2v) is 12.2. The number of unbranched alkanes of at least 4 members (excludes halogenated alkanes) is 27. The van der Waals surface area contributed by atoms with Gasteiger partial charge in [-0.3, -0.25) is 4.79 Å². The lowest BCUT2D eigenvalue weighted by molar-refractivity contribution is -0.120. The van der Waals surface area contributed by atoms with Crippen LogP contribution in [0.4, 0.5) is 0 Å². The summed E-state index contributed by atoms with van der Waals surface area (Å²) in [5, 5.41) is 0. The van der Waals surface area contributed by atoms with E-state index in [1.54, 1.807) is 0 Å². The Hall–Kier alpha value is -0.790. The first kappa shape index (κ1) is 37.2. The van der Waals surface area contributed by atoms with Crippen molar-refractivity contribution >= 4 is 5.91 Å². The van der Waals surface area contributed by atoms with Gasteiger partial charge >= 0.3 is 0 Å². The van der Waals surface area contributed by atoms with Crippen molar-refractivity contribution in [2.75, 3.05) is 0 Å². The molecule has 0 saturated carbocycles. The molecule has 0 aliphatic heterocycles. The average Bonchev–Trinajstić information content (AvgIpc) is 2.91. The van der Waals surface area contributed by atoms with Crippen molar-refractivity contribution in [3.63, 3.8) is 0 Å². The number of primary amides is 1. The van der Waals surface area contributed by atoms with Crippen LogP contribution in [-0.2, 0) is 4.79 Å². The molecule has 0 aromatic rings. The molecule has 0 spiro atoms. The molecule has 1 amide bonds. The Morgan fingerprint density at radius 3 is 1.08 bits per heavy atom. The first-order chi connectivity index (χ1) is 18.7. The summed E-state index contributed by atoms with van der Waals surface area (Å²) < 4.78 is 0. The number of allylic oxidation sites excluding steroid dienone is 1. The summed E-state index contributed by atoms with van der Waals surface area (Å²) in [6, 6.07) is 0. The molecule has 226 valence electrons. The zero-order valence-electron chi connectivity index (χ0n) is 26.4. The molecule has 0 aromatic carbocycles. The molecular formula is C36H71NO. The smallest absolute Gasteiger partial charge is 0.224 e. The third-order valence-electron chi connectivity index (χ3n) is 8.33. The lowest BCUT2D eigenvalue weighted by Crippen LogP contribution is -2.21. The van der Waals surface area contributed by atoms with Gasteiger partial charge in [-0.15, -0.1) is 0 Å². The van der Waals surface area contributed by atoms with Gasteiger partial charge in [-0.1, -0.05) is 199 Å². The second kappa shape index (κ2) is 32.4. The molecule has 0 saturated heterocycles. The number of hydrogen-bond donors (Lipinski definition) is 1. The first-order valence-electron chi connectivity index (χ1n) is 17.7. The monoisotopic (exact) mass is 534 g/mol. The van der Waals surface area contributed by atoms with Gasteiger partial charge in [0.05, 0.1) is 5.92 Å². The quantitative estimate of drug-likeness (QED) is 0.0678. The van der Waals surface area contributed by atoms with Crippen LogP contribution in [0.3, 0.4) is 0 Å². The van der Waals surface area contributed by atoms with E-state index in [0.717, 1.165) is 19.3 Å². The lowest BCUT2D eigenvalue weighted by atomic mass is 9.98. The van der Waals surface area contributed by atoms with E-state index >= 15 is 0 Å². The molecule has 38 heavy (non-hydrogen) atoms. The zero-order valence-corrected chi connectivity index (χ0v) is 26.4. The standard InChI is InChI=1S/C36H71NO/c1-3-5-7-9-11-13-15-17-19-20-22-24-26-28-30-32-34-35(36(37)38)33-31-29-27-25-23-21-18-16-14-12-10-8-6-4-2/h32,34-35H,3-31,33H2,1-2H3,(H2,37,38).